The lowest BCUT2D eigenvalue weighted by molar-refractivity contribution is -0.144. The minimum atomic E-state index is -3.09. The molecule has 0 unspecified atom stereocenters. The molecule has 3 aromatic rings. The molecular formula is C25H29F2N7O3. The number of nitrogens with one attached hydrogen (secondary N) is 2. The minimum absolute atomic E-state index is 0.0437. The molecule has 0 aliphatic carbocycles. The van der Waals surface area contributed by atoms with Gasteiger partial charge in [-0.1, -0.05) is 43.3 Å². The third kappa shape index (κ3) is 5.73. The van der Waals surface area contributed by atoms with Crippen molar-refractivity contribution in [2.24, 2.45) is 0 Å². The lowest BCUT2D eigenvalue weighted by Crippen LogP contribution is -2.66. The number of aromatic amines is 1. The molecule has 196 valence electrons. The van der Waals surface area contributed by atoms with E-state index in [1.807, 2.05) is 38.1 Å². The third-order valence-electron chi connectivity index (χ3n) is 6.44. The van der Waals surface area contributed by atoms with Crippen molar-refractivity contribution >= 4 is 17.5 Å². The van der Waals surface area contributed by atoms with Crippen molar-refractivity contribution in [3.8, 4) is 5.88 Å². The molecule has 0 saturated carbocycles. The summed E-state index contributed by atoms with van der Waals surface area (Å²) in [6.07, 6.45) is 1.32. The van der Waals surface area contributed by atoms with Crippen LogP contribution in [-0.4, -0.2) is 62.0 Å². The number of alkyl halides is 2. The number of aryl methyl sites for hydroxylation is 2. The van der Waals surface area contributed by atoms with E-state index in [1.54, 1.807) is 17.9 Å². The Morgan fingerprint density at radius 1 is 1.19 bits per heavy atom. The Bertz CT molecular complexity index is 1240. The molecule has 1 fully saturated rings. The van der Waals surface area contributed by atoms with Crippen LogP contribution in [0.4, 0.5) is 14.5 Å². The first-order chi connectivity index (χ1) is 17.7. The fraction of sp³-hybridized carbons (Fsp3) is 0.440. The summed E-state index contributed by atoms with van der Waals surface area (Å²) in [6.45, 7) is 2.93. The Balaban J connectivity index is 1.57. The molecule has 1 aromatic carbocycles. The highest BCUT2D eigenvalue weighted by molar-refractivity contribution is 6.02. The van der Waals surface area contributed by atoms with Gasteiger partial charge in [0, 0.05) is 31.6 Å². The molecule has 0 bridgehead atoms. The zero-order chi connectivity index (χ0) is 26.6. The van der Waals surface area contributed by atoms with Crippen LogP contribution in [0.3, 0.4) is 0 Å². The van der Waals surface area contributed by atoms with Crippen molar-refractivity contribution in [3.05, 3.63) is 59.0 Å². The van der Waals surface area contributed by atoms with Gasteiger partial charge in [0.2, 0.25) is 17.7 Å². The van der Waals surface area contributed by atoms with Crippen molar-refractivity contribution in [2.45, 2.75) is 58.0 Å². The fourth-order valence-electron chi connectivity index (χ4n) is 4.54. The van der Waals surface area contributed by atoms with Gasteiger partial charge in [0.25, 0.3) is 0 Å². The summed E-state index contributed by atoms with van der Waals surface area (Å²) < 4.78 is 30.5. The number of nitrogens with zero attached hydrogens (tertiary/aromatic N) is 5. The number of hydrogen-bond donors (Lipinski definition) is 2. The van der Waals surface area contributed by atoms with Crippen molar-refractivity contribution in [2.75, 3.05) is 18.4 Å². The Kier molecular flexibility index (Phi) is 7.74. The van der Waals surface area contributed by atoms with E-state index in [2.05, 4.69) is 35.7 Å². The molecule has 12 heteroatoms. The smallest absolute Gasteiger partial charge is 0.388 e. The normalized spacial score (nSPS) is 14.5. The number of carbonyl (C=O) groups is 2. The molecule has 0 radical (unpaired) electrons. The predicted molar refractivity (Wildman–Crippen MR) is 130 cm³/mol. The Morgan fingerprint density at radius 3 is 2.62 bits per heavy atom. The molecule has 0 atom stereocenters. The SMILES string of the molecule is Cc1ccc(NC(=O)C2(c3ccccc3C(C)C)CN(C(=O)CCCc3nn[nH]n3)C2)c(OC(F)F)n1. The number of ether oxygens (including phenoxy) is 1. The number of hydrogen-bond acceptors (Lipinski definition) is 7. The van der Waals surface area contributed by atoms with E-state index in [0.29, 0.717) is 24.4 Å². The molecule has 2 N–H and O–H groups in total. The van der Waals surface area contributed by atoms with Gasteiger partial charge in [-0.2, -0.15) is 14.0 Å². The number of H-pyrrole nitrogens is 1. The van der Waals surface area contributed by atoms with E-state index < -0.39 is 17.9 Å². The fourth-order valence-corrected chi connectivity index (χ4v) is 4.54. The number of rotatable bonds is 10. The summed E-state index contributed by atoms with van der Waals surface area (Å²) >= 11 is 0. The molecule has 1 saturated heterocycles. The highest BCUT2D eigenvalue weighted by Gasteiger charge is 2.53. The maximum Gasteiger partial charge on any atom is 0.388 e. The number of tetrazole rings is 1. The van der Waals surface area contributed by atoms with Gasteiger partial charge >= 0.3 is 6.61 Å². The van der Waals surface area contributed by atoms with Crippen molar-refractivity contribution in [1.82, 2.24) is 30.5 Å². The standard InChI is InChI=1S/C25H29F2N7O3/c1-15(2)17-7-4-5-8-18(17)25(13-34(14-25)21(35)10-6-9-20-30-32-33-31-20)23(36)29-19-12-11-16(3)28-22(19)37-24(26)27/h4-5,7-8,11-12,15,24H,6,9-10,13-14H2,1-3H3,(H,29,36)(H,30,31,32,33). The van der Waals surface area contributed by atoms with Crippen LogP contribution in [0.25, 0.3) is 0 Å². The highest BCUT2D eigenvalue weighted by Crippen LogP contribution is 2.41. The van der Waals surface area contributed by atoms with Gasteiger partial charge in [-0.05, 0) is 42.5 Å². The number of halogens is 2. The average Bonchev–Trinajstić information content (AvgIpc) is 3.33. The number of likely N-dealkylation sites (tertiary alicyclic amines) is 1. The predicted octanol–water partition coefficient (Wildman–Crippen LogP) is 3.37. The van der Waals surface area contributed by atoms with Gasteiger partial charge in [-0.25, -0.2) is 4.98 Å². The third-order valence-corrected chi connectivity index (χ3v) is 6.44. The Hall–Kier alpha value is -3.96. The monoisotopic (exact) mass is 513 g/mol. The van der Waals surface area contributed by atoms with E-state index >= 15 is 0 Å². The van der Waals surface area contributed by atoms with Crippen LogP contribution >= 0.6 is 0 Å². The maximum atomic E-state index is 13.8. The first kappa shape index (κ1) is 26.1. The summed E-state index contributed by atoms with van der Waals surface area (Å²) in [5.41, 5.74) is 1.23. The molecule has 0 spiro atoms. The zero-order valence-electron chi connectivity index (χ0n) is 20.9. The Labute approximate surface area is 212 Å². The van der Waals surface area contributed by atoms with Crippen LogP contribution < -0.4 is 10.1 Å². The van der Waals surface area contributed by atoms with Crippen LogP contribution in [0.1, 0.15) is 55.3 Å². The average molecular weight is 514 g/mol. The van der Waals surface area contributed by atoms with Crippen LogP contribution in [0.15, 0.2) is 36.4 Å². The molecular weight excluding hydrogens is 484 g/mol. The lowest BCUT2D eigenvalue weighted by Gasteiger charge is -2.50. The lowest BCUT2D eigenvalue weighted by atomic mass is 9.69. The summed E-state index contributed by atoms with van der Waals surface area (Å²) in [7, 11) is 0. The number of pyridine rings is 1. The van der Waals surface area contributed by atoms with E-state index in [4.69, 9.17) is 0 Å². The molecule has 1 aliphatic rings. The van der Waals surface area contributed by atoms with Crippen LogP contribution in [0.2, 0.25) is 0 Å². The molecule has 3 heterocycles. The van der Waals surface area contributed by atoms with Gasteiger partial charge in [0.15, 0.2) is 5.82 Å². The van der Waals surface area contributed by atoms with Crippen molar-refractivity contribution in [3.63, 3.8) is 0 Å². The summed E-state index contributed by atoms with van der Waals surface area (Å²) in [5, 5.41) is 16.4. The first-order valence-corrected chi connectivity index (χ1v) is 12.0. The Morgan fingerprint density at radius 2 is 1.95 bits per heavy atom. The molecule has 4 rings (SSSR count). The molecule has 37 heavy (non-hydrogen) atoms. The van der Waals surface area contributed by atoms with Gasteiger partial charge in [0.1, 0.15) is 11.1 Å². The topological polar surface area (TPSA) is 126 Å². The number of anilines is 1. The van der Waals surface area contributed by atoms with Crippen molar-refractivity contribution < 1.29 is 23.1 Å². The minimum Gasteiger partial charge on any atom is -0.415 e. The van der Waals surface area contributed by atoms with Gasteiger partial charge in [0.05, 0.1) is 0 Å². The largest absolute Gasteiger partial charge is 0.415 e. The zero-order valence-corrected chi connectivity index (χ0v) is 20.9. The van der Waals surface area contributed by atoms with Crippen LogP contribution in [0, 0.1) is 6.92 Å². The number of amides is 2. The highest BCUT2D eigenvalue weighted by atomic mass is 19.3. The second-order valence-corrected chi connectivity index (χ2v) is 9.39. The second kappa shape index (κ2) is 11.0. The molecule has 2 aromatic heterocycles. The molecule has 1 aliphatic heterocycles. The van der Waals surface area contributed by atoms with Crippen LogP contribution in [0.5, 0.6) is 5.88 Å². The van der Waals surface area contributed by atoms with Crippen molar-refractivity contribution in [1.29, 1.82) is 0 Å². The number of aromatic nitrogens is 5. The van der Waals surface area contributed by atoms with E-state index in [0.717, 1.165) is 11.1 Å². The van der Waals surface area contributed by atoms with Crippen LogP contribution in [-0.2, 0) is 21.4 Å². The maximum absolute atomic E-state index is 13.8. The van der Waals surface area contributed by atoms with Gasteiger partial charge in [-0.3, -0.25) is 9.59 Å². The quantitative estimate of drug-likeness (QED) is 0.426. The number of benzene rings is 1. The second-order valence-electron chi connectivity index (χ2n) is 9.39. The first-order valence-electron chi connectivity index (χ1n) is 12.0. The van der Waals surface area contributed by atoms with E-state index in [9.17, 15) is 18.4 Å². The summed E-state index contributed by atoms with van der Waals surface area (Å²) in [6, 6.07) is 10.7. The van der Waals surface area contributed by atoms with E-state index in [-0.39, 0.29) is 42.9 Å². The molecule has 10 nitrogen and oxygen atoms in total. The molecule has 2 amide bonds. The van der Waals surface area contributed by atoms with E-state index in [1.165, 1.54) is 6.07 Å². The number of carbonyl (C=O) groups excluding carboxylic acids is 2. The summed E-state index contributed by atoms with van der Waals surface area (Å²) in [4.78, 5) is 32.4. The van der Waals surface area contributed by atoms with Gasteiger partial charge in [-0.15, -0.1) is 10.2 Å². The summed E-state index contributed by atoms with van der Waals surface area (Å²) in [5.74, 6) is -0.206. The van der Waals surface area contributed by atoms with Gasteiger partial charge < -0.3 is 15.0 Å².